The molecule has 86 valence electrons. The fraction of sp³-hybridized carbons (Fsp3) is 0.538. The van der Waals surface area contributed by atoms with Gasteiger partial charge in [-0.15, -0.1) is 0 Å². The number of carbonyl (C=O) groups is 1. The summed E-state index contributed by atoms with van der Waals surface area (Å²) in [5, 5.41) is 0. The summed E-state index contributed by atoms with van der Waals surface area (Å²) in [5.74, 6) is 0.126. The highest BCUT2D eigenvalue weighted by atomic mass is 16.1. The quantitative estimate of drug-likeness (QED) is 0.791. The smallest absolute Gasteiger partial charge is 0.166 e. The Labute approximate surface area is 96.1 Å². The molecule has 0 aromatic carbocycles. The van der Waals surface area contributed by atoms with Crippen LogP contribution >= 0.6 is 0 Å². The molecule has 1 saturated carbocycles. The molecule has 0 bridgehead atoms. The molecule has 1 heterocycles. The lowest BCUT2D eigenvalue weighted by Gasteiger charge is -2.22. The van der Waals surface area contributed by atoms with Crippen LogP contribution in [0.25, 0.3) is 0 Å². The van der Waals surface area contributed by atoms with Crippen molar-refractivity contribution in [2.75, 3.05) is 0 Å². The highest BCUT2D eigenvalue weighted by molar-refractivity contribution is 5.96. The maximum absolute atomic E-state index is 12.0. The number of rotatable bonds is 3. The molecule has 0 saturated heterocycles. The summed E-state index contributed by atoms with van der Waals surface area (Å²) in [5.41, 5.74) is 7.64. The van der Waals surface area contributed by atoms with Gasteiger partial charge in [-0.1, -0.05) is 12.8 Å². The van der Waals surface area contributed by atoms with Gasteiger partial charge in [0, 0.05) is 29.9 Å². The zero-order chi connectivity index (χ0) is 11.6. The number of Topliss-reactive ketones (excluding diaryl/α,β-unsaturated/α-hetero) is 1. The van der Waals surface area contributed by atoms with Gasteiger partial charge >= 0.3 is 0 Å². The Morgan fingerprint density at radius 1 is 1.44 bits per heavy atom. The number of aryl methyl sites for hydroxylation is 1. The van der Waals surface area contributed by atoms with Crippen molar-refractivity contribution >= 4 is 5.78 Å². The predicted molar refractivity (Wildman–Crippen MR) is 63.3 cm³/mol. The van der Waals surface area contributed by atoms with Crippen LogP contribution in [0.4, 0.5) is 0 Å². The maximum Gasteiger partial charge on any atom is 0.166 e. The minimum absolute atomic E-state index is 0.126. The van der Waals surface area contributed by atoms with Gasteiger partial charge in [-0.05, 0) is 31.4 Å². The Morgan fingerprint density at radius 2 is 2.12 bits per heavy atom. The molecule has 2 N–H and O–H groups in total. The van der Waals surface area contributed by atoms with E-state index in [1.807, 2.05) is 13.0 Å². The normalized spacial score (nSPS) is 18.6. The zero-order valence-electron chi connectivity index (χ0n) is 9.70. The molecule has 0 unspecified atom stereocenters. The van der Waals surface area contributed by atoms with E-state index in [0.29, 0.717) is 12.0 Å². The van der Waals surface area contributed by atoms with Crippen LogP contribution in [0.3, 0.4) is 0 Å². The van der Waals surface area contributed by atoms with E-state index in [4.69, 9.17) is 5.73 Å². The number of hydrogen-bond acceptors (Lipinski definition) is 3. The average Bonchev–Trinajstić information content (AvgIpc) is 2.65. The fourth-order valence-electron chi connectivity index (χ4n) is 2.39. The first-order valence-electron chi connectivity index (χ1n) is 5.83. The van der Waals surface area contributed by atoms with Gasteiger partial charge in [-0.25, -0.2) is 0 Å². The molecule has 1 aromatic heterocycles. The molecule has 1 aromatic rings. The average molecular weight is 218 g/mol. The standard InChI is InChI=1S/C13H18N2O/c1-10-6-11(9-15-8-10)12(16)7-13(14)4-2-3-5-13/h6,8-9H,2-5,7,14H2,1H3. The van der Waals surface area contributed by atoms with Crippen LogP contribution in [-0.4, -0.2) is 16.3 Å². The van der Waals surface area contributed by atoms with E-state index < -0.39 is 0 Å². The molecule has 16 heavy (non-hydrogen) atoms. The lowest BCUT2D eigenvalue weighted by molar-refractivity contribution is 0.0952. The molecule has 0 aliphatic heterocycles. The Kier molecular flexibility index (Phi) is 3.06. The van der Waals surface area contributed by atoms with E-state index in [2.05, 4.69) is 4.98 Å². The first-order valence-corrected chi connectivity index (χ1v) is 5.83. The SMILES string of the molecule is Cc1cncc(C(=O)CC2(N)CCCC2)c1. The molecule has 1 aliphatic rings. The van der Waals surface area contributed by atoms with E-state index in [0.717, 1.165) is 31.2 Å². The van der Waals surface area contributed by atoms with Crippen LogP contribution < -0.4 is 5.73 Å². The second-order valence-electron chi connectivity index (χ2n) is 4.92. The van der Waals surface area contributed by atoms with Crippen LogP contribution in [0.5, 0.6) is 0 Å². The number of aromatic nitrogens is 1. The predicted octanol–water partition coefficient (Wildman–Crippen LogP) is 2.23. The van der Waals surface area contributed by atoms with E-state index in [-0.39, 0.29) is 11.3 Å². The van der Waals surface area contributed by atoms with Crippen molar-refractivity contribution in [2.24, 2.45) is 5.73 Å². The third-order valence-electron chi connectivity index (χ3n) is 3.31. The van der Waals surface area contributed by atoms with Crippen molar-refractivity contribution in [3.8, 4) is 0 Å². The molecule has 0 amide bonds. The lowest BCUT2D eigenvalue weighted by atomic mass is 9.90. The van der Waals surface area contributed by atoms with Crippen molar-refractivity contribution in [2.45, 2.75) is 44.6 Å². The van der Waals surface area contributed by atoms with E-state index in [1.54, 1.807) is 12.4 Å². The molecule has 3 nitrogen and oxygen atoms in total. The van der Waals surface area contributed by atoms with Gasteiger partial charge < -0.3 is 5.73 Å². The van der Waals surface area contributed by atoms with Crippen LogP contribution in [0.2, 0.25) is 0 Å². The third-order valence-corrected chi connectivity index (χ3v) is 3.31. The molecular weight excluding hydrogens is 200 g/mol. The van der Waals surface area contributed by atoms with Crippen LogP contribution in [0, 0.1) is 6.92 Å². The molecular formula is C13H18N2O. The van der Waals surface area contributed by atoms with Crippen LogP contribution in [-0.2, 0) is 0 Å². The topological polar surface area (TPSA) is 56.0 Å². The fourth-order valence-corrected chi connectivity index (χ4v) is 2.39. The number of ketones is 1. The van der Waals surface area contributed by atoms with Gasteiger partial charge in [0.2, 0.25) is 0 Å². The summed E-state index contributed by atoms with van der Waals surface area (Å²) in [6, 6.07) is 1.88. The largest absolute Gasteiger partial charge is 0.325 e. The molecule has 0 spiro atoms. The van der Waals surface area contributed by atoms with Crippen LogP contribution in [0.1, 0.15) is 48.0 Å². The minimum Gasteiger partial charge on any atom is -0.325 e. The van der Waals surface area contributed by atoms with Gasteiger partial charge in [0.25, 0.3) is 0 Å². The van der Waals surface area contributed by atoms with E-state index >= 15 is 0 Å². The second kappa shape index (κ2) is 4.34. The Bertz CT molecular complexity index is 395. The van der Waals surface area contributed by atoms with Gasteiger partial charge in [-0.3, -0.25) is 9.78 Å². The van der Waals surface area contributed by atoms with Gasteiger partial charge in [0.1, 0.15) is 0 Å². The summed E-state index contributed by atoms with van der Waals surface area (Å²) >= 11 is 0. The number of hydrogen-bond donors (Lipinski definition) is 1. The first-order chi connectivity index (χ1) is 7.59. The number of pyridine rings is 1. The highest BCUT2D eigenvalue weighted by Crippen LogP contribution is 2.31. The van der Waals surface area contributed by atoms with Crippen molar-refractivity contribution in [3.05, 3.63) is 29.6 Å². The highest BCUT2D eigenvalue weighted by Gasteiger charge is 2.31. The maximum atomic E-state index is 12.0. The van der Waals surface area contributed by atoms with Gasteiger partial charge in [-0.2, -0.15) is 0 Å². The molecule has 0 atom stereocenters. The summed E-state index contributed by atoms with van der Waals surface area (Å²) in [4.78, 5) is 16.1. The zero-order valence-corrected chi connectivity index (χ0v) is 9.70. The van der Waals surface area contributed by atoms with Crippen LogP contribution in [0.15, 0.2) is 18.5 Å². The van der Waals surface area contributed by atoms with Gasteiger partial charge in [0.05, 0.1) is 0 Å². The van der Waals surface area contributed by atoms with Gasteiger partial charge in [0.15, 0.2) is 5.78 Å². The van der Waals surface area contributed by atoms with Crippen molar-refractivity contribution in [1.82, 2.24) is 4.98 Å². The molecule has 1 aliphatic carbocycles. The monoisotopic (exact) mass is 218 g/mol. The molecule has 0 radical (unpaired) electrons. The lowest BCUT2D eigenvalue weighted by Crippen LogP contribution is -2.38. The Hall–Kier alpha value is -1.22. The Morgan fingerprint density at radius 3 is 2.75 bits per heavy atom. The molecule has 3 heteroatoms. The van der Waals surface area contributed by atoms with Crippen molar-refractivity contribution < 1.29 is 4.79 Å². The summed E-state index contributed by atoms with van der Waals surface area (Å²) in [7, 11) is 0. The van der Waals surface area contributed by atoms with E-state index in [1.165, 1.54) is 0 Å². The summed E-state index contributed by atoms with van der Waals surface area (Å²) in [6.45, 7) is 1.94. The number of carbonyl (C=O) groups excluding carboxylic acids is 1. The van der Waals surface area contributed by atoms with Crippen molar-refractivity contribution in [1.29, 1.82) is 0 Å². The molecule has 2 rings (SSSR count). The summed E-state index contributed by atoms with van der Waals surface area (Å²) in [6.07, 6.45) is 8.08. The van der Waals surface area contributed by atoms with E-state index in [9.17, 15) is 4.79 Å². The Balaban J connectivity index is 2.08. The number of nitrogens with zero attached hydrogens (tertiary/aromatic N) is 1. The van der Waals surface area contributed by atoms with Crippen molar-refractivity contribution in [3.63, 3.8) is 0 Å². The first kappa shape index (κ1) is 11.3. The number of nitrogens with two attached hydrogens (primary N) is 1. The minimum atomic E-state index is -0.263. The molecule has 1 fully saturated rings. The second-order valence-corrected chi connectivity index (χ2v) is 4.92. The summed E-state index contributed by atoms with van der Waals surface area (Å²) < 4.78 is 0. The third kappa shape index (κ3) is 2.47.